The van der Waals surface area contributed by atoms with Gasteiger partial charge in [-0.25, -0.2) is 8.42 Å². The molecule has 0 unspecified atom stereocenters. The van der Waals surface area contributed by atoms with Gasteiger partial charge in [0, 0.05) is 46.2 Å². The standard InChI is InChI=1S/C25H31Cl4N3O4S/c1-5-16(2)30-25(34)17(3)31(15-19-20(27)8-6-9-21(19)28)24(33)10-7-13-32(37(4,35)36)23-14-18(26)11-12-22(23)29/h6,8-9,11-12,14,16-17H,5,7,10,13,15H2,1-4H3,(H,30,34)/t16-,17+/m1/s1. The Bertz CT molecular complexity index is 1210. The maximum absolute atomic E-state index is 13.4. The van der Waals surface area contributed by atoms with E-state index in [9.17, 15) is 18.0 Å². The highest BCUT2D eigenvalue weighted by Crippen LogP contribution is 2.31. The molecular formula is C25H31Cl4N3O4S. The number of sulfonamides is 1. The highest BCUT2D eigenvalue weighted by atomic mass is 35.5. The van der Waals surface area contributed by atoms with Crippen molar-refractivity contribution in [1.29, 1.82) is 0 Å². The molecule has 2 amide bonds. The van der Waals surface area contributed by atoms with Crippen molar-refractivity contribution in [1.82, 2.24) is 10.2 Å². The van der Waals surface area contributed by atoms with Crippen molar-refractivity contribution in [3.8, 4) is 0 Å². The third kappa shape index (κ3) is 8.93. The molecule has 0 aliphatic heterocycles. The van der Waals surface area contributed by atoms with Crippen LogP contribution in [0.25, 0.3) is 0 Å². The van der Waals surface area contributed by atoms with Gasteiger partial charge in [0.2, 0.25) is 21.8 Å². The number of hydrogen-bond donors (Lipinski definition) is 1. The molecule has 2 atom stereocenters. The Morgan fingerprint density at radius 1 is 1.00 bits per heavy atom. The third-order valence-corrected chi connectivity index (χ3v) is 8.33. The smallest absolute Gasteiger partial charge is 0.242 e. The summed E-state index contributed by atoms with van der Waals surface area (Å²) in [4.78, 5) is 27.7. The number of amides is 2. The highest BCUT2D eigenvalue weighted by Gasteiger charge is 2.28. The number of anilines is 1. The molecule has 0 aromatic heterocycles. The number of hydrogen-bond acceptors (Lipinski definition) is 4. The van der Waals surface area contributed by atoms with Crippen LogP contribution < -0.4 is 9.62 Å². The zero-order valence-electron chi connectivity index (χ0n) is 21.1. The van der Waals surface area contributed by atoms with Crippen LogP contribution in [0.4, 0.5) is 5.69 Å². The summed E-state index contributed by atoms with van der Waals surface area (Å²) in [6.07, 6.45) is 1.92. The van der Waals surface area contributed by atoms with Gasteiger partial charge >= 0.3 is 0 Å². The van der Waals surface area contributed by atoms with Crippen molar-refractivity contribution < 1.29 is 18.0 Å². The Balaban J connectivity index is 2.26. The molecule has 0 saturated carbocycles. The Labute approximate surface area is 239 Å². The zero-order chi connectivity index (χ0) is 27.9. The Hall–Kier alpha value is -1.71. The van der Waals surface area contributed by atoms with E-state index >= 15 is 0 Å². The average molecular weight is 611 g/mol. The van der Waals surface area contributed by atoms with Gasteiger partial charge in [-0.2, -0.15) is 0 Å². The van der Waals surface area contributed by atoms with E-state index in [0.717, 1.165) is 17.0 Å². The van der Waals surface area contributed by atoms with Crippen molar-refractivity contribution in [2.24, 2.45) is 0 Å². The summed E-state index contributed by atoms with van der Waals surface area (Å²) in [6, 6.07) is 8.65. The topological polar surface area (TPSA) is 86.8 Å². The van der Waals surface area contributed by atoms with E-state index in [1.54, 1.807) is 31.2 Å². The molecule has 0 aliphatic rings. The van der Waals surface area contributed by atoms with E-state index in [4.69, 9.17) is 46.4 Å². The first-order chi connectivity index (χ1) is 17.3. The van der Waals surface area contributed by atoms with Crippen LogP contribution in [0.5, 0.6) is 0 Å². The molecule has 2 aromatic rings. The minimum absolute atomic E-state index is 0.0151. The minimum Gasteiger partial charge on any atom is -0.352 e. The van der Waals surface area contributed by atoms with Crippen LogP contribution in [0.3, 0.4) is 0 Å². The van der Waals surface area contributed by atoms with E-state index in [1.165, 1.54) is 17.0 Å². The van der Waals surface area contributed by atoms with Gasteiger partial charge in [0.05, 0.1) is 17.0 Å². The second-order valence-electron chi connectivity index (χ2n) is 8.75. The molecule has 204 valence electrons. The second kappa shape index (κ2) is 13.9. The average Bonchev–Trinajstić information content (AvgIpc) is 2.82. The van der Waals surface area contributed by atoms with Crippen molar-refractivity contribution in [3.05, 3.63) is 62.1 Å². The minimum atomic E-state index is -3.72. The molecule has 0 bridgehead atoms. The van der Waals surface area contributed by atoms with Crippen molar-refractivity contribution in [3.63, 3.8) is 0 Å². The molecule has 1 N–H and O–H groups in total. The van der Waals surface area contributed by atoms with Gasteiger partial charge in [0.15, 0.2) is 0 Å². The number of nitrogens with one attached hydrogen (secondary N) is 1. The Morgan fingerprint density at radius 2 is 1.62 bits per heavy atom. The van der Waals surface area contributed by atoms with Crippen LogP contribution in [0.1, 0.15) is 45.6 Å². The molecule has 2 rings (SSSR count). The van der Waals surface area contributed by atoms with E-state index in [1.807, 2.05) is 13.8 Å². The molecular weight excluding hydrogens is 580 g/mol. The van der Waals surface area contributed by atoms with Crippen LogP contribution >= 0.6 is 46.4 Å². The predicted octanol–water partition coefficient (Wildman–Crippen LogP) is 6.18. The zero-order valence-corrected chi connectivity index (χ0v) is 24.9. The summed E-state index contributed by atoms with van der Waals surface area (Å²) >= 11 is 25.0. The molecule has 37 heavy (non-hydrogen) atoms. The van der Waals surface area contributed by atoms with Crippen molar-refractivity contribution in [2.75, 3.05) is 17.1 Å². The van der Waals surface area contributed by atoms with Crippen LogP contribution in [0.15, 0.2) is 36.4 Å². The largest absolute Gasteiger partial charge is 0.352 e. The molecule has 12 heteroatoms. The fourth-order valence-corrected chi connectivity index (χ4v) is 5.48. The van der Waals surface area contributed by atoms with Crippen LogP contribution in [0, 0.1) is 0 Å². The predicted molar refractivity (Wildman–Crippen MR) is 152 cm³/mol. The molecule has 0 radical (unpaired) electrons. The summed E-state index contributed by atoms with van der Waals surface area (Å²) in [5, 5.41) is 4.18. The van der Waals surface area contributed by atoms with E-state index in [-0.39, 0.29) is 54.5 Å². The number of nitrogens with zero attached hydrogens (tertiary/aromatic N) is 2. The summed E-state index contributed by atoms with van der Waals surface area (Å²) in [5.41, 5.74) is 0.746. The molecule has 0 fully saturated rings. The summed E-state index contributed by atoms with van der Waals surface area (Å²) in [6.45, 7) is 5.46. The van der Waals surface area contributed by atoms with E-state index in [2.05, 4.69) is 5.32 Å². The molecule has 0 saturated heterocycles. The normalized spacial score (nSPS) is 13.1. The van der Waals surface area contributed by atoms with Gasteiger partial charge in [-0.1, -0.05) is 59.4 Å². The van der Waals surface area contributed by atoms with Crippen molar-refractivity contribution in [2.45, 2.75) is 58.7 Å². The Kier molecular flexibility index (Phi) is 11.8. The summed E-state index contributed by atoms with van der Waals surface area (Å²) in [7, 11) is -3.72. The van der Waals surface area contributed by atoms with Gasteiger partial charge in [-0.15, -0.1) is 0 Å². The molecule has 0 aliphatic carbocycles. The van der Waals surface area contributed by atoms with Gasteiger partial charge in [-0.05, 0) is 57.0 Å². The SMILES string of the molecule is CC[C@@H](C)NC(=O)[C@H](C)N(Cc1c(Cl)cccc1Cl)C(=O)CCCN(c1cc(Cl)ccc1Cl)S(C)(=O)=O. The lowest BCUT2D eigenvalue weighted by atomic mass is 10.1. The number of rotatable bonds is 12. The molecule has 2 aromatic carbocycles. The third-order valence-electron chi connectivity index (χ3n) is 5.89. The van der Waals surface area contributed by atoms with Crippen LogP contribution in [-0.4, -0.2) is 50.0 Å². The quantitative estimate of drug-likeness (QED) is 0.311. The first-order valence-electron chi connectivity index (χ1n) is 11.7. The molecule has 0 heterocycles. The first kappa shape index (κ1) is 31.5. The lowest BCUT2D eigenvalue weighted by Crippen LogP contribution is -2.49. The number of carbonyl (C=O) groups excluding carboxylic acids is 2. The number of halogens is 4. The van der Waals surface area contributed by atoms with Gasteiger partial charge in [0.25, 0.3) is 0 Å². The fraction of sp³-hybridized carbons (Fsp3) is 0.440. The van der Waals surface area contributed by atoms with Gasteiger partial charge in [-0.3, -0.25) is 13.9 Å². The number of benzene rings is 2. The summed E-state index contributed by atoms with van der Waals surface area (Å²) in [5.74, 6) is -0.664. The van der Waals surface area contributed by atoms with Gasteiger partial charge in [0.1, 0.15) is 6.04 Å². The second-order valence-corrected chi connectivity index (χ2v) is 12.3. The Morgan fingerprint density at radius 3 is 2.19 bits per heavy atom. The van der Waals surface area contributed by atoms with Crippen molar-refractivity contribution >= 4 is 73.9 Å². The molecule has 7 nitrogen and oxygen atoms in total. The fourth-order valence-electron chi connectivity index (χ4n) is 3.56. The maximum atomic E-state index is 13.4. The first-order valence-corrected chi connectivity index (χ1v) is 15.1. The lowest BCUT2D eigenvalue weighted by molar-refractivity contribution is -0.140. The highest BCUT2D eigenvalue weighted by molar-refractivity contribution is 7.92. The van der Waals surface area contributed by atoms with Crippen LogP contribution in [0.2, 0.25) is 20.1 Å². The van der Waals surface area contributed by atoms with E-state index in [0.29, 0.717) is 20.6 Å². The maximum Gasteiger partial charge on any atom is 0.242 e. The summed E-state index contributed by atoms with van der Waals surface area (Å²) < 4.78 is 26.1. The molecule has 0 spiro atoms. The number of carbonyl (C=O) groups is 2. The van der Waals surface area contributed by atoms with Gasteiger partial charge < -0.3 is 10.2 Å². The monoisotopic (exact) mass is 609 g/mol. The van der Waals surface area contributed by atoms with Crippen LogP contribution in [-0.2, 0) is 26.2 Å². The van der Waals surface area contributed by atoms with E-state index < -0.39 is 16.1 Å². The lowest BCUT2D eigenvalue weighted by Gasteiger charge is -2.30.